The van der Waals surface area contributed by atoms with Crippen LogP contribution in [0, 0.1) is 0 Å². The standard InChI is InChI=1S/C23H20N2O7/c1-4-12-13-7-11(26)5-6-17(13)24-19-14(12)9-25-18(19)8-16-15(20(25)27)10-31-21(28)23(16,2)32-22(29)30-3/h5-8,26H,4,9-10H2,1-3H3/t23-/m0/s1. The molecule has 0 bridgehead atoms. The van der Waals surface area contributed by atoms with Crippen molar-refractivity contribution in [2.45, 2.75) is 39.0 Å². The number of aryl methyl sites for hydroxylation is 1. The molecule has 2 aliphatic rings. The molecule has 0 amide bonds. The molecule has 1 atom stereocenters. The van der Waals surface area contributed by atoms with E-state index in [2.05, 4.69) is 4.74 Å². The summed E-state index contributed by atoms with van der Waals surface area (Å²) in [6.45, 7) is 3.48. The third-order valence-corrected chi connectivity index (χ3v) is 6.21. The topological polar surface area (TPSA) is 117 Å². The number of nitrogens with zero attached hydrogens (tertiary/aromatic N) is 2. The largest absolute Gasteiger partial charge is 0.509 e. The SMILES string of the molecule is CCc1c2c(nc3ccc(O)cc13)-c1cc3c(c(=O)n1C2)COC(=O)[C@@]3(C)OC(=O)OC. The van der Waals surface area contributed by atoms with E-state index >= 15 is 0 Å². The van der Waals surface area contributed by atoms with Gasteiger partial charge in [0.15, 0.2) is 0 Å². The van der Waals surface area contributed by atoms with E-state index in [1.165, 1.54) is 6.92 Å². The van der Waals surface area contributed by atoms with Gasteiger partial charge < -0.3 is 23.9 Å². The van der Waals surface area contributed by atoms with Crippen LogP contribution in [0.2, 0.25) is 0 Å². The first-order valence-electron chi connectivity index (χ1n) is 10.1. The van der Waals surface area contributed by atoms with Crippen molar-refractivity contribution >= 4 is 23.0 Å². The number of aromatic hydroxyl groups is 1. The zero-order valence-corrected chi connectivity index (χ0v) is 17.7. The summed E-state index contributed by atoms with van der Waals surface area (Å²) in [6.07, 6.45) is -0.381. The normalized spacial score (nSPS) is 18.5. The lowest BCUT2D eigenvalue weighted by molar-refractivity contribution is -0.172. The van der Waals surface area contributed by atoms with E-state index in [1.807, 2.05) is 6.92 Å². The molecule has 2 aromatic heterocycles. The highest BCUT2D eigenvalue weighted by molar-refractivity contribution is 5.90. The van der Waals surface area contributed by atoms with Gasteiger partial charge in [0.05, 0.1) is 36.1 Å². The minimum absolute atomic E-state index is 0.142. The lowest BCUT2D eigenvalue weighted by Gasteiger charge is -2.32. The van der Waals surface area contributed by atoms with Crippen LogP contribution in [0.25, 0.3) is 22.3 Å². The number of methoxy groups -OCH3 is 1. The number of cyclic esters (lactones) is 1. The molecule has 0 unspecified atom stereocenters. The number of hydrogen-bond donors (Lipinski definition) is 1. The molecular weight excluding hydrogens is 416 g/mol. The molecule has 1 aromatic carbocycles. The number of rotatable bonds is 2. The Balaban J connectivity index is 1.78. The third kappa shape index (κ3) is 2.63. The molecular formula is C23H20N2O7. The van der Waals surface area contributed by atoms with Gasteiger partial charge in [-0.1, -0.05) is 6.92 Å². The van der Waals surface area contributed by atoms with Gasteiger partial charge in [-0.05, 0) is 43.2 Å². The Morgan fingerprint density at radius 2 is 2.06 bits per heavy atom. The van der Waals surface area contributed by atoms with Crippen LogP contribution in [0.5, 0.6) is 5.75 Å². The van der Waals surface area contributed by atoms with E-state index < -0.39 is 17.7 Å². The maximum absolute atomic E-state index is 13.4. The summed E-state index contributed by atoms with van der Waals surface area (Å²) in [7, 11) is 1.13. The highest BCUT2D eigenvalue weighted by atomic mass is 16.7. The number of hydrogen-bond acceptors (Lipinski definition) is 8. The van der Waals surface area contributed by atoms with Gasteiger partial charge in [0.2, 0.25) is 5.60 Å². The Morgan fingerprint density at radius 3 is 2.78 bits per heavy atom. The highest BCUT2D eigenvalue weighted by Crippen LogP contribution is 2.41. The van der Waals surface area contributed by atoms with Crippen molar-refractivity contribution in [3.63, 3.8) is 0 Å². The second-order valence-electron chi connectivity index (χ2n) is 7.95. The number of benzene rings is 1. The van der Waals surface area contributed by atoms with Gasteiger partial charge in [0.25, 0.3) is 5.56 Å². The van der Waals surface area contributed by atoms with Crippen LogP contribution in [-0.2, 0) is 44.2 Å². The monoisotopic (exact) mass is 436 g/mol. The molecule has 4 heterocycles. The Kier molecular flexibility index (Phi) is 4.27. The van der Waals surface area contributed by atoms with E-state index in [0.29, 0.717) is 29.9 Å². The fourth-order valence-electron chi connectivity index (χ4n) is 4.60. The highest BCUT2D eigenvalue weighted by Gasteiger charge is 2.48. The van der Waals surface area contributed by atoms with Crippen molar-refractivity contribution in [2.24, 2.45) is 0 Å². The zero-order valence-electron chi connectivity index (χ0n) is 17.7. The van der Waals surface area contributed by atoms with Gasteiger partial charge in [-0.3, -0.25) is 4.79 Å². The van der Waals surface area contributed by atoms with E-state index in [0.717, 1.165) is 23.6 Å². The average Bonchev–Trinajstić information content (AvgIpc) is 3.14. The first kappa shape index (κ1) is 20.0. The molecule has 0 radical (unpaired) electrons. The van der Waals surface area contributed by atoms with Gasteiger partial charge >= 0.3 is 12.1 Å². The van der Waals surface area contributed by atoms with Crippen molar-refractivity contribution in [2.75, 3.05) is 7.11 Å². The first-order valence-corrected chi connectivity index (χ1v) is 10.1. The van der Waals surface area contributed by atoms with Gasteiger partial charge in [0.1, 0.15) is 12.4 Å². The van der Waals surface area contributed by atoms with Gasteiger partial charge in [0, 0.05) is 16.5 Å². The molecule has 2 aliphatic heterocycles. The van der Waals surface area contributed by atoms with Crippen molar-refractivity contribution in [3.05, 3.63) is 56.9 Å². The molecule has 3 aromatic rings. The Bertz CT molecular complexity index is 1390. The molecule has 32 heavy (non-hydrogen) atoms. The van der Waals surface area contributed by atoms with Crippen molar-refractivity contribution in [1.29, 1.82) is 0 Å². The maximum atomic E-state index is 13.4. The summed E-state index contributed by atoms with van der Waals surface area (Å²) < 4.78 is 16.6. The minimum atomic E-state index is -1.82. The number of esters is 1. The lowest BCUT2D eigenvalue weighted by atomic mass is 9.89. The Morgan fingerprint density at radius 1 is 1.28 bits per heavy atom. The summed E-state index contributed by atoms with van der Waals surface area (Å²) in [4.78, 5) is 42.6. The van der Waals surface area contributed by atoms with Gasteiger partial charge in [-0.2, -0.15) is 0 Å². The number of phenols is 1. The number of fused-ring (bicyclic) bond motifs is 5. The second kappa shape index (κ2) is 6.81. The van der Waals surface area contributed by atoms with Crippen LogP contribution in [0.15, 0.2) is 29.1 Å². The van der Waals surface area contributed by atoms with Crippen molar-refractivity contribution in [3.8, 4) is 17.1 Å². The van der Waals surface area contributed by atoms with Crippen LogP contribution < -0.4 is 5.56 Å². The molecule has 0 fully saturated rings. The molecule has 0 aliphatic carbocycles. The molecule has 1 N–H and O–H groups in total. The van der Waals surface area contributed by atoms with Crippen LogP contribution in [-0.4, -0.2) is 33.9 Å². The van der Waals surface area contributed by atoms with Gasteiger partial charge in [-0.15, -0.1) is 0 Å². The summed E-state index contributed by atoms with van der Waals surface area (Å²) in [6, 6.07) is 6.63. The predicted molar refractivity (Wildman–Crippen MR) is 112 cm³/mol. The predicted octanol–water partition coefficient (Wildman–Crippen LogP) is 2.75. The first-order chi connectivity index (χ1) is 15.3. The van der Waals surface area contributed by atoms with Crippen molar-refractivity contribution < 1.29 is 28.9 Å². The van der Waals surface area contributed by atoms with Crippen LogP contribution >= 0.6 is 0 Å². The van der Waals surface area contributed by atoms with Gasteiger partial charge in [-0.25, -0.2) is 14.6 Å². The average molecular weight is 436 g/mol. The number of carbonyl (C=O) groups is 2. The zero-order chi connectivity index (χ0) is 22.8. The molecule has 164 valence electrons. The molecule has 9 nitrogen and oxygen atoms in total. The quantitative estimate of drug-likeness (QED) is 0.477. The smallest absolute Gasteiger partial charge is 0.508 e. The van der Waals surface area contributed by atoms with E-state index in [4.69, 9.17) is 14.5 Å². The second-order valence-corrected chi connectivity index (χ2v) is 7.95. The minimum Gasteiger partial charge on any atom is -0.508 e. The van der Waals surface area contributed by atoms with Crippen LogP contribution in [0.4, 0.5) is 4.79 Å². The molecule has 9 heteroatoms. The fraction of sp³-hybridized carbons (Fsp3) is 0.304. The summed E-state index contributed by atoms with van der Waals surface area (Å²) >= 11 is 0. The van der Waals surface area contributed by atoms with Crippen LogP contribution in [0.1, 0.15) is 36.1 Å². The van der Waals surface area contributed by atoms with E-state index in [9.17, 15) is 19.5 Å². The van der Waals surface area contributed by atoms with Crippen LogP contribution in [0.3, 0.4) is 0 Å². The number of ether oxygens (including phenoxy) is 3. The van der Waals surface area contributed by atoms with Crippen molar-refractivity contribution in [1.82, 2.24) is 9.55 Å². The van der Waals surface area contributed by atoms with E-state index in [1.54, 1.807) is 28.8 Å². The molecule has 0 saturated heterocycles. The number of carbonyl (C=O) groups excluding carboxylic acids is 2. The molecule has 0 spiro atoms. The lowest BCUT2D eigenvalue weighted by Crippen LogP contribution is -2.45. The Labute approximate surface area is 182 Å². The Hall–Kier alpha value is -3.88. The number of pyridine rings is 2. The molecule has 0 saturated carbocycles. The summed E-state index contributed by atoms with van der Waals surface area (Å²) in [5, 5.41) is 10.8. The number of phenolic OH excluding ortho intramolecular Hbond substituents is 1. The summed E-state index contributed by atoms with van der Waals surface area (Å²) in [5.74, 6) is -0.641. The molecule has 5 rings (SSSR count). The fourth-order valence-corrected chi connectivity index (χ4v) is 4.60. The number of aromatic nitrogens is 2. The summed E-state index contributed by atoms with van der Waals surface area (Å²) in [5.41, 5.74) is 2.05. The third-order valence-electron chi connectivity index (χ3n) is 6.21. The maximum Gasteiger partial charge on any atom is 0.509 e. The van der Waals surface area contributed by atoms with E-state index in [-0.39, 0.29) is 29.0 Å².